The van der Waals surface area contributed by atoms with E-state index in [9.17, 15) is 14.4 Å². The first-order valence-electron chi connectivity index (χ1n) is 6.81. The fourth-order valence-corrected chi connectivity index (χ4v) is 2.48. The minimum absolute atomic E-state index is 0.0327. The zero-order chi connectivity index (χ0) is 14.9. The molecule has 1 aliphatic carbocycles. The Morgan fingerprint density at radius 1 is 1.40 bits per heavy atom. The predicted molar refractivity (Wildman–Crippen MR) is 71.9 cm³/mol. The summed E-state index contributed by atoms with van der Waals surface area (Å²) in [5.41, 5.74) is -0.366. The maximum Gasteiger partial charge on any atom is 0.339 e. The van der Waals surface area contributed by atoms with Crippen LogP contribution in [0, 0.1) is 11.8 Å². The van der Waals surface area contributed by atoms with E-state index in [0.717, 1.165) is 6.07 Å². The summed E-state index contributed by atoms with van der Waals surface area (Å²) in [6.07, 6.45) is 0.867. The molecule has 0 saturated heterocycles. The Labute approximate surface area is 116 Å². The van der Waals surface area contributed by atoms with Crippen LogP contribution in [0.2, 0.25) is 0 Å². The molecule has 1 aromatic heterocycles. The fraction of sp³-hybridized carbons (Fsp3) is 0.533. The summed E-state index contributed by atoms with van der Waals surface area (Å²) in [7, 11) is 0. The quantitative estimate of drug-likeness (QED) is 0.792. The second-order valence-corrected chi connectivity index (χ2v) is 5.33. The number of carbonyl (C=O) groups is 2. The van der Waals surface area contributed by atoms with E-state index in [4.69, 9.17) is 9.15 Å². The number of Topliss-reactive ketones (excluding diaryl/α,β-unsaturated/α-hetero) is 1. The maximum absolute atomic E-state index is 12.3. The van der Waals surface area contributed by atoms with Crippen LogP contribution in [0.4, 0.5) is 0 Å². The summed E-state index contributed by atoms with van der Waals surface area (Å²) in [5.74, 6) is -0.0421. The average molecular weight is 278 g/mol. The van der Waals surface area contributed by atoms with Gasteiger partial charge in [-0.2, -0.15) is 0 Å². The first kappa shape index (κ1) is 14.5. The van der Waals surface area contributed by atoms with Crippen molar-refractivity contribution in [3.63, 3.8) is 0 Å². The van der Waals surface area contributed by atoms with Gasteiger partial charge in [-0.15, -0.1) is 0 Å². The molecule has 0 saturated carbocycles. The molecule has 1 aliphatic rings. The smallest absolute Gasteiger partial charge is 0.339 e. The Morgan fingerprint density at radius 3 is 2.70 bits per heavy atom. The molecule has 0 bridgehead atoms. The van der Waals surface area contributed by atoms with E-state index < -0.39 is 11.6 Å². The van der Waals surface area contributed by atoms with E-state index in [2.05, 4.69) is 0 Å². The Kier molecular flexibility index (Phi) is 4.06. The molecular formula is C15H18O5. The molecule has 0 fully saturated rings. The minimum Gasteiger partial charge on any atom is -0.462 e. The molecule has 0 amide bonds. The van der Waals surface area contributed by atoms with Crippen LogP contribution >= 0.6 is 0 Å². The van der Waals surface area contributed by atoms with E-state index in [0.29, 0.717) is 24.5 Å². The molecule has 1 heterocycles. The molecule has 2 rings (SSSR count). The SMILES string of the molecule is CCOC(=O)c1cc(=O)oc2c1C(=O)CC(C(C)C)C2. The van der Waals surface area contributed by atoms with Crippen LogP contribution in [0.1, 0.15) is 53.7 Å². The van der Waals surface area contributed by atoms with Gasteiger partial charge in [0.1, 0.15) is 5.76 Å². The summed E-state index contributed by atoms with van der Waals surface area (Å²) in [6.45, 7) is 5.91. The van der Waals surface area contributed by atoms with E-state index >= 15 is 0 Å². The number of ether oxygens (including phenoxy) is 1. The lowest BCUT2D eigenvalue weighted by Gasteiger charge is -2.25. The van der Waals surface area contributed by atoms with Crippen LogP contribution in [0.3, 0.4) is 0 Å². The van der Waals surface area contributed by atoms with Gasteiger partial charge in [-0.25, -0.2) is 9.59 Å². The number of rotatable bonds is 3. The third-order valence-corrected chi connectivity index (χ3v) is 3.65. The van der Waals surface area contributed by atoms with Crippen molar-refractivity contribution >= 4 is 11.8 Å². The molecule has 1 atom stereocenters. The van der Waals surface area contributed by atoms with Crippen molar-refractivity contribution in [2.45, 2.75) is 33.6 Å². The van der Waals surface area contributed by atoms with Gasteiger partial charge in [0.25, 0.3) is 0 Å². The summed E-state index contributed by atoms with van der Waals surface area (Å²) < 4.78 is 10.0. The van der Waals surface area contributed by atoms with Gasteiger partial charge in [-0.05, 0) is 18.8 Å². The first-order valence-corrected chi connectivity index (χ1v) is 6.81. The fourth-order valence-electron chi connectivity index (χ4n) is 2.48. The van der Waals surface area contributed by atoms with Crippen LogP contribution in [-0.4, -0.2) is 18.4 Å². The molecule has 108 valence electrons. The van der Waals surface area contributed by atoms with Crippen molar-refractivity contribution in [3.8, 4) is 0 Å². The van der Waals surface area contributed by atoms with Crippen molar-refractivity contribution in [3.05, 3.63) is 33.4 Å². The van der Waals surface area contributed by atoms with Gasteiger partial charge < -0.3 is 9.15 Å². The van der Waals surface area contributed by atoms with Crippen molar-refractivity contribution < 1.29 is 18.7 Å². The number of carbonyl (C=O) groups excluding carboxylic acids is 2. The minimum atomic E-state index is -0.645. The Bertz CT molecular complexity index is 597. The van der Waals surface area contributed by atoms with E-state index in [-0.39, 0.29) is 29.4 Å². The Morgan fingerprint density at radius 2 is 2.10 bits per heavy atom. The van der Waals surface area contributed by atoms with Gasteiger partial charge in [0.2, 0.25) is 0 Å². The lowest BCUT2D eigenvalue weighted by Crippen LogP contribution is -2.28. The molecule has 0 spiro atoms. The molecule has 1 aromatic rings. The first-order chi connectivity index (χ1) is 9.43. The number of esters is 1. The normalized spacial score (nSPS) is 18.0. The van der Waals surface area contributed by atoms with Gasteiger partial charge in [0.05, 0.1) is 17.7 Å². The molecule has 0 aromatic carbocycles. The topological polar surface area (TPSA) is 73.6 Å². The highest BCUT2D eigenvalue weighted by molar-refractivity contribution is 6.07. The number of ketones is 1. The largest absolute Gasteiger partial charge is 0.462 e. The Balaban J connectivity index is 2.51. The van der Waals surface area contributed by atoms with E-state index in [1.807, 2.05) is 13.8 Å². The highest BCUT2D eigenvalue weighted by Gasteiger charge is 2.33. The van der Waals surface area contributed by atoms with Gasteiger partial charge in [0, 0.05) is 18.9 Å². The second kappa shape index (κ2) is 5.61. The van der Waals surface area contributed by atoms with E-state index in [1.165, 1.54) is 0 Å². The number of hydrogen-bond donors (Lipinski definition) is 0. The zero-order valence-electron chi connectivity index (χ0n) is 11.9. The molecule has 5 nitrogen and oxygen atoms in total. The second-order valence-electron chi connectivity index (χ2n) is 5.33. The van der Waals surface area contributed by atoms with Gasteiger partial charge in [0.15, 0.2) is 5.78 Å². The monoisotopic (exact) mass is 278 g/mol. The average Bonchev–Trinajstić information content (AvgIpc) is 2.37. The van der Waals surface area contributed by atoms with Crippen LogP contribution in [0.5, 0.6) is 0 Å². The molecule has 0 aliphatic heterocycles. The summed E-state index contributed by atoms with van der Waals surface area (Å²) in [5, 5.41) is 0. The highest BCUT2D eigenvalue weighted by Crippen LogP contribution is 2.31. The van der Waals surface area contributed by atoms with Crippen LogP contribution in [0.25, 0.3) is 0 Å². The standard InChI is InChI=1S/C15H18O5/c1-4-19-15(18)10-7-13(17)20-12-6-9(8(2)3)5-11(16)14(10)12/h7-9H,4-6H2,1-3H3. The molecule has 1 unspecified atom stereocenters. The number of fused-ring (bicyclic) bond motifs is 1. The van der Waals surface area contributed by atoms with Crippen LogP contribution < -0.4 is 5.63 Å². The predicted octanol–water partition coefficient (Wildman–Crippen LogP) is 2.22. The zero-order valence-corrected chi connectivity index (χ0v) is 11.9. The lowest BCUT2D eigenvalue weighted by molar-refractivity contribution is 0.0519. The summed E-state index contributed by atoms with van der Waals surface area (Å²) >= 11 is 0. The molecule has 0 radical (unpaired) electrons. The highest BCUT2D eigenvalue weighted by atomic mass is 16.5. The van der Waals surface area contributed by atoms with E-state index in [1.54, 1.807) is 6.92 Å². The van der Waals surface area contributed by atoms with Crippen molar-refractivity contribution in [1.29, 1.82) is 0 Å². The van der Waals surface area contributed by atoms with Crippen molar-refractivity contribution in [2.24, 2.45) is 11.8 Å². The molecular weight excluding hydrogens is 260 g/mol. The third-order valence-electron chi connectivity index (χ3n) is 3.65. The van der Waals surface area contributed by atoms with Crippen molar-refractivity contribution in [1.82, 2.24) is 0 Å². The molecule has 0 N–H and O–H groups in total. The summed E-state index contributed by atoms with van der Waals surface area (Å²) in [6, 6.07) is 1.05. The molecule has 20 heavy (non-hydrogen) atoms. The maximum atomic E-state index is 12.3. The van der Waals surface area contributed by atoms with Crippen LogP contribution in [-0.2, 0) is 11.2 Å². The number of hydrogen-bond acceptors (Lipinski definition) is 5. The third kappa shape index (κ3) is 2.66. The van der Waals surface area contributed by atoms with Gasteiger partial charge in [-0.1, -0.05) is 13.8 Å². The lowest BCUT2D eigenvalue weighted by atomic mass is 9.79. The van der Waals surface area contributed by atoms with Gasteiger partial charge >= 0.3 is 11.6 Å². The molecule has 5 heteroatoms. The van der Waals surface area contributed by atoms with Gasteiger partial charge in [-0.3, -0.25) is 4.79 Å². The summed E-state index contributed by atoms with van der Waals surface area (Å²) in [4.78, 5) is 35.7. The van der Waals surface area contributed by atoms with Crippen LogP contribution in [0.15, 0.2) is 15.3 Å². The van der Waals surface area contributed by atoms with Crippen molar-refractivity contribution in [2.75, 3.05) is 6.61 Å². The Hall–Kier alpha value is -1.91.